The van der Waals surface area contributed by atoms with Crippen LogP contribution in [0, 0.1) is 5.92 Å². The fourth-order valence-electron chi connectivity index (χ4n) is 3.39. The first-order valence-electron chi connectivity index (χ1n) is 7.98. The van der Waals surface area contributed by atoms with Gasteiger partial charge in [0, 0.05) is 23.9 Å². The molecule has 2 aromatic rings. The summed E-state index contributed by atoms with van der Waals surface area (Å²) in [5, 5.41) is 9.02. The van der Waals surface area contributed by atoms with Crippen molar-refractivity contribution < 1.29 is 14.3 Å². The van der Waals surface area contributed by atoms with Crippen LogP contribution < -0.4 is 9.47 Å². The first-order valence-corrected chi connectivity index (χ1v) is 7.98. The number of rotatable bonds is 4. The maximum atomic E-state index is 5.59. The fraction of sp³-hybridized carbons (Fsp3) is 0.444. The molecule has 1 heterocycles. The van der Waals surface area contributed by atoms with Crippen molar-refractivity contribution in [3.63, 3.8) is 0 Å². The first kappa shape index (κ1) is 16.4. The molecule has 1 aromatic heterocycles. The van der Waals surface area contributed by atoms with Gasteiger partial charge in [-0.1, -0.05) is 18.1 Å². The Morgan fingerprint density at radius 3 is 2.62 bits per heavy atom. The molecule has 0 aliphatic heterocycles. The van der Waals surface area contributed by atoms with E-state index in [1.165, 1.54) is 5.69 Å². The molecule has 0 amide bonds. The number of nitrogens with zero attached hydrogens (tertiary/aromatic N) is 3. The van der Waals surface area contributed by atoms with Gasteiger partial charge in [-0.3, -0.25) is 4.68 Å². The molecule has 0 saturated carbocycles. The number of aromatic nitrogens is 2. The van der Waals surface area contributed by atoms with Gasteiger partial charge in [0.25, 0.3) is 0 Å². The van der Waals surface area contributed by atoms with Gasteiger partial charge in [-0.05, 0) is 30.9 Å². The molecule has 6 heteroatoms. The van der Waals surface area contributed by atoms with E-state index in [1.807, 2.05) is 29.9 Å². The number of aryl methyl sites for hydroxylation is 1. The summed E-state index contributed by atoms with van der Waals surface area (Å²) >= 11 is 0. The molecule has 1 aliphatic carbocycles. The summed E-state index contributed by atoms with van der Waals surface area (Å²) in [6.45, 7) is 2.22. The Kier molecular flexibility index (Phi) is 4.46. The normalized spacial score (nSPS) is 18.4. The number of hydrogen-bond acceptors (Lipinski definition) is 5. The summed E-state index contributed by atoms with van der Waals surface area (Å²) in [6, 6.07) is 5.81. The van der Waals surface area contributed by atoms with Crippen LogP contribution in [-0.4, -0.2) is 36.8 Å². The van der Waals surface area contributed by atoms with Crippen molar-refractivity contribution in [3.05, 3.63) is 29.5 Å². The lowest BCUT2D eigenvalue weighted by molar-refractivity contribution is 0.212. The van der Waals surface area contributed by atoms with Gasteiger partial charge in [-0.2, -0.15) is 5.10 Å². The Hall–Kier alpha value is -2.50. The van der Waals surface area contributed by atoms with E-state index in [0.717, 1.165) is 35.4 Å². The lowest BCUT2D eigenvalue weighted by Gasteiger charge is -2.21. The van der Waals surface area contributed by atoms with Crippen LogP contribution >= 0.6 is 0 Å². The third-order valence-electron chi connectivity index (χ3n) is 4.40. The van der Waals surface area contributed by atoms with Crippen LogP contribution in [-0.2, 0) is 18.3 Å². The quantitative estimate of drug-likeness (QED) is 0.809. The number of para-hydroxylation sites is 1. The highest BCUT2D eigenvalue weighted by Gasteiger charge is 2.30. The van der Waals surface area contributed by atoms with Gasteiger partial charge in [0.05, 0.1) is 19.9 Å². The molecule has 0 spiro atoms. The minimum absolute atomic E-state index is 0.502. The second-order valence-electron chi connectivity index (χ2n) is 6.07. The maximum absolute atomic E-state index is 5.59. The molecule has 128 valence electrons. The number of oxime groups is 1. The van der Waals surface area contributed by atoms with Gasteiger partial charge in [-0.25, -0.2) is 0 Å². The van der Waals surface area contributed by atoms with E-state index in [0.29, 0.717) is 17.4 Å². The van der Waals surface area contributed by atoms with Crippen LogP contribution in [0.4, 0.5) is 0 Å². The highest BCUT2D eigenvalue weighted by Crippen LogP contribution is 2.41. The van der Waals surface area contributed by atoms with E-state index >= 15 is 0 Å². The average molecular weight is 329 g/mol. The standard InChI is InChI=1S/C18H23N3O3/c1-11-9-13(20-24-5)16-14(10-11)21(2)19-17(16)12-7-6-8-15(22-3)18(12)23-4/h6-8,11H,9-10H2,1-5H3/b20-13+/t11-/m0/s1. The van der Waals surface area contributed by atoms with Crippen LogP contribution in [0.1, 0.15) is 24.6 Å². The van der Waals surface area contributed by atoms with Gasteiger partial charge >= 0.3 is 0 Å². The molecule has 3 rings (SSSR count). The van der Waals surface area contributed by atoms with Gasteiger partial charge in [-0.15, -0.1) is 0 Å². The van der Waals surface area contributed by atoms with Crippen LogP contribution in [0.5, 0.6) is 11.5 Å². The second kappa shape index (κ2) is 6.55. The molecule has 0 radical (unpaired) electrons. The van der Waals surface area contributed by atoms with Gasteiger partial charge < -0.3 is 14.3 Å². The third-order valence-corrected chi connectivity index (χ3v) is 4.40. The Bertz CT molecular complexity index is 780. The van der Waals surface area contributed by atoms with Crippen LogP contribution in [0.2, 0.25) is 0 Å². The maximum Gasteiger partial charge on any atom is 0.170 e. The molecule has 1 aliphatic rings. The Morgan fingerprint density at radius 2 is 1.96 bits per heavy atom. The number of ether oxygens (including phenoxy) is 2. The van der Waals surface area contributed by atoms with Gasteiger partial charge in [0.2, 0.25) is 0 Å². The van der Waals surface area contributed by atoms with Gasteiger partial charge in [0.1, 0.15) is 12.8 Å². The van der Waals surface area contributed by atoms with E-state index in [9.17, 15) is 0 Å². The smallest absolute Gasteiger partial charge is 0.170 e. The number of fused-ring (bicyclic) bond motifs is 1. The zero-order chi connectivity index (χ0) is 17.3. The molecule has 0 N–H and O–H groups in total. The number of benzene rings is 1. The van der Waals surface area contributed by atoms with E-state index < -0.39 is 0 Å². The van der Waals surface area contributed by atoms with Crippen molar-refractivity contribution in [2.75, 3.05) is 21.3 Å². The summed E-state index contributed by atoms with van der Waals surface area (Å²) in [4.78, 5) is 5.08. The molecule has 6 nitrogen and oxygen atoms in total. The Labute approximate surface area is 142 Å². The molecule has 0 unspecified atom stereocenters. The Morgan fingerprint density at radius 1 is 1.17 bits per heavy atom. The van der Waals surface area contributed by atoms with Crippen molar-refractivity contribution in [3.8, 4) is 22.8 Å². The van der Waals surface area contributed by atoms with Crippen molar-refractivity contribution in [2.24, 2.45) is 18.1 Å². The molecule has 0 bridgehead atoms. The average Bonchev–Trinajstić information content (AvgIpc) is 2.91. The lowest BCUT2D eigenvalue weighted by atomic mass is 9.85. The monoisotopic (exact) mass is 329 g/mol. The van der Waals surface area contributed by atoms with Crippen molar-refractivity contribution >= 4 is 5.71 Å². The van der Waals surface area contributed by atoms with Crippen LogP contribution in [0.15, 0.2) is 23.4 Å². The fourth-order valence-corrected chi connectivity index (χ4v) is 3.39. The molecule has 0 saturated heterocycles. The minimum atomic E-state index is 0.502. The van der Waals surface area contributed by atoms with E-state index in [1.54, 1.807) is 21.3 Å². The van der Waals surface area contributed by atoms with E-state index in [-0.39, 0.29) is 0 Å². The SMILES string of the molecule is CO/N=C1\C[C@H](C)Cc2c1c(-c1cccc(OC)c1OC)nn2C. The molecule has 1 atom stereocenters. The van der Waals surface area contributed by atoms with Crippen LogP contribution in [0.25, 0.3) is 11.3 Å². The predicted molar refractivity (Wildman–Crippen MR) is 92.8 cm³/mol. The number of hydrogen-bond donors (Lipinski definition) is 0. The summed E-state index contributed by atoms with van der Waals surface area (Å²) in [6.07, 6.45) is 1.83. The summed E-state index contributed by atoms with van der Waals surface area (Å²) in [7, 11) is 6.82. The molecule has 24 heavy (non-hydrogen) atoms. The van der Waals surface area contributed by atoms with E-state index in [2.05, 4.69) is 12.1 Å². The molecule has 0 fully saturated rings. The van der Waals surface area contributed by atoms with E-state index in [4.69, 9.17) is 19.4 Å². The number of methoxy groups -OCH3 is 2. The molecule has 1 aromatic carbocycles. The van der Waals surface area contributed by atoms with Gasteiger partial charge in [0.15, 0.2) is 11.5 Å². The highest BCUT2D eigenvalue weighted by molar-refractivity contribution is 6.07. The highest BCUT2D eigenvalue weighted by atomic mass is 16.6. The zero-order valence-corrected chi connectivity index (χ0v) is 14.8. The Balaban J connectivity index is 2.25. The van der Waals surface area contributed by atoms with Crippen molar-refractivity contribution in [2.45, 2.75) is 19.8 Å². The zero-order valence-electron chi connectivity index (χ0n) is 14.8. The second-order valence-corrected chi connectivity index (χ2v) is 6.07. The lowest BCUT2D eigenvalue weighted by Crippen LogP contribution is -2.20. The largest absolute Gasteiger partial charge is 0.493 e. The summed E-state index contributed by atoms with van der Waals surface area (Å²) < 4.78 is 13.0. The van der Waals surface area contributed by atoms with Crippen LogP contribution in [0.3, 0.4) is 0 Å². The minimum Gasteiger partial charge on any atom is -0.493 e. The summed E-state index contributed by atoms with van der Waals surface area (Å²) in [5.41, 5.74) is 4.89. The topological polar surface area (TPSA) is 57.9 Å². The predicted octanol–water partition coefficient (Wildman–Crippen LogP) is 3.04. The summed E-state index contributed by atoms with van der Waals surface area (Å²) in [5.74, 6) is 1.86. The first-order chi connectivity index (χ1) is 11.6. The molecular formula is C18H23N3O3. The third kappa shape index (κ3) is 2.62. The van der Waals surface area contributed by atoms with Crippen molar-refractivity contribution in [1.82, 2.24) is 9.78 Å². The molecular weight excluding hydrogens is 306 g/mol. The van der Waals surface area contributed by atoms with Crippen molar-refractivity contribution in [1.29, 1.82) is 0 Å².